The third-order valence-corrected chi connectivity index (χ3v) is 20.5. The van der Waals surface area contributed by atoms with Gasteiger partial charge >= 0.3 is 0 Å². The highest BCUT2D eigenvalue weighted by Crippen LogP contribution is 2.44. The Bertz CT molecular complexity index is 4960. The Kier molecular flexibility index (Phi) is 25.9. The molecule has 15 rings (SSSR count). The van der Waals surface area contributed by atoms with E-state index in [1.807, 2.05) is 0 Å². The Balaban J connectivity index is 0.000000148. The lowest BCUT2D eigenvalue weighted by Crippen LogP contribution is -2.12. The van der Waals surface area contributed by atoms with Gasteiger partial charge in [0.05, 0.1) is 0 Å². The molecule has 0 saturated heterocycles. The summed E-state index contributed by atoms with van der Waals surface area (Å²) in [4.78, 5) is 13.9. The van der Waals surface area contributed by atoms with Gasteiger partial charge in [0.15, 0.2) is 0 Å². The third kappa shape index (κ3) is 19.7. The largest absolute Gasteiger partial charge is 0.311 e. The van der Waals surface area contributed by atoms with E-state index in [0.717, 1.165) is 104 Å². The molecule has 0 aromatic heterocycles. The lowest BCUT2D eigenvalue weighted by Gasteiger charge is -2.28. The fraction of sp³-hybridized carbons (Fsp3) is 0.151. The summed E-state index contributed by atoms with van der Waals surface area (Å²) in [6, 6.07) is 136. The van der Waals surface area contributed by atoms with Crippen molar-refractivity contribution in [3.05, 3.63) is 432 Å². The molecule has 0 spiro atoms. The minimum atomic E-state index is 1.12. The average molecular weight is 1460 g/mol. The summed E-state index contributed by atoms with van der Waals surface area (Å²) >= 11 is 0. The second kappa shape index (κ2) is 37.5. The van der Waals surface area contributed by atoms with Gasteiger partial charge in [-0.3, -0.25) is 0 Å². The van der Waals surface area contributed by atoms with Gasteiger partial charge in [0.1, 0.15) is 0 Å². The smallest absolute Gasteiger partial charge is 0.0463 e. The van der Waals surface area contributed by atoms with Crippen LogP contribution in [0.5, 0.6) is 0 Å². The van der Waals surface area contributed by atoms with Crippen LogP contribution in [0.3, 0.4) is 0 Å². The first kappa shape index (κ1) is 77.3. The zero-order valence-corrected chi connectivity index (χ0v) is 66.7. The number of para-hydroxylation sites is 2. The molecule has 0 unspecified atom stereocenters. The van der Waals surface area contributed by atoms with E-state index in [-0.39, 0.29) is 0 Å². The van der Waals surface area contributed by atoms with Crippen LogP contribution in [0.15, 0.2) is 376 Å². The summed E-state index contributed by atoms with van der Waals surface area (Å²) in [5.41, 5.74) is 33.4. The number of hydrogen-bond acceptors (Lipinski definition) is 6. The Hall–Kier alpha value is -12.9. The van der Waals surface area contributed by atoms with Crippen LogP contribution < -0.4 is 29.4 Å². The summed E-state index contributed by atoms with van der Waals surface area (Å²) in [5.74, 6) is 0. The predicted octanol–water partition coefficient (Wildman–Crippen LogP) is 31.0. The van der Waals surface area contributed by atoms with Crippen molar-refractivity contribution in [2.75, 3.05) is 29.4 Å². The number of unbranched alkanes of at least 4 members (excludes halogenated alkanes) is 2. The average Bonchev–Trinajstić information content (AvgIpc) is 0.796. The maximum Gasteiger partial charge on any atom is 0.0463 e. The summed E-state index contributed by atoms with van der Waals surface area (Å²) in [6.45, 7) is 21.5. The molecule has 0 radical (unpaired) electrons. The highest BCUT2D eigenvalue weighted by atomic mass is 15.2. The van der Waals surface area contributed by atoms with Crippen LogP contribution in [-0.4, -0.2) is 0 Å². The Labute approximate surface area is 667 Å². The van der Waals surface area contributed by atoms with Gasteiger partial charge < -0.3 is 29.4 Å². The van der Waals surface area contributed by atoms with Crippen LogP contribution in [0.2, 0.25) is 0 Å². The number of hydrogen-bond donors (Lipinski definition) is 0. The SMILES string of the molecule is CCCCc1ccc(N(c2ccc(CCCC)cc2)c2ccc(N(c3ccc(C)cc3)c3ccc(C)cc3)cc2)cc1.Cc1ccc(N(c2ccc(C)cc2)c2ccc(N(c3ccc(C)cc3)c3ccc(C)cc3)cc2)cc1.Cc1ccc(N(c2ccc(C)cc2)c2ccc(N(c3ccccc3)c3ccccc3)cc2)cc1. The van der Waals surface area contributed by atoms with Crippen molar-refractivity contribution >= 4 is 102 Å². The monoisotopic (exact) mass is 1460 g/mol. The van der Waals surface area contributed by atoms with Crippen molar-refractivity contribution in [3.63, 3.8) is 0 Å². The van der Waals surface area contributed by atoms with Crippen LogP contribution >= 0.6 is 0 Å². The fourth-order valence-corrected chi connectivity index (χ4v) is 14.0. The molecule has 0 fully saturated rings. The van der Waals surface area contributed by atoms with Crippen molar-refractivity contribution in [2.45, 2.75) is 108 Å². The quantitative estimate of drug-likeness (QED) is 0.0596. The standard InChI is InChI=1S/C40H44N2.C34H32N2.C32H28N2/c1-5-7-9-33-15-23-37(24-16-33)42(38-25-17-34(18-26-38)10-8-6-2)40-29-27-39(28-30-40)41(35-19-11-31(3)12-20-35)36-21-13-32(4)14-22-36;1-25-5-13-29(14-6-25)35(30-15-7-26(2)8-16-30)33-21-23-34(24-22-33)36(31-17-9-27(3)10-18-31)32-19-11-28(4)12-20-32;1-25-13-17-29(18-14-25)34(30-19-15-26(2)16-20-30)32-23-21-31(22-24-32)33(27-9-5-3-6-10-27)28-11-7-4-8-12-28/h11-30H,5-10H2,1-4H3;5-24H,1-4H3;3-24H,1-2H3. The molecule has 15 aromatic carbocycles. The molecule has 558 valence electrons. The molecule has 15 aromatic rings. The van der Waals surface area contributed by atoms with Crippen molar-refractivity contribution in [1.82, 2.24) is 0 Å². The summed E-state index contributed by atoms with van der Waals surface area (Å²) in [6.07, 6.45) is 7.14. The number of aryl methyl sites for hydroxylation is 10. The Morgan fingerprint density at radius 3 is 0.393 bits per heavy atom. The number of benzene rings is 15. The van der Waals surface area contributed by atoms with Gasteiger partial charge in [-0.25, -0.2) is 0 Å². The summed E-state index contributed by atoms with van der Waals surface area (Å²) in [5, 5.41) is 0. The molecule has 0 aliphatic heterocycles. The van der Waals surface area contributed by atoms with Gasteiger partial charge in [-0.15, -0.1) is 0 Å². The molecule has 0 N–H and O–H groups in total. The van der Waals surface area contributed by atoms with Crippen molar-refractivity contribution in [1.29, 1.82) is 0 Å². The van der Waals surface area contributed by atoms with E-state index in [4.69, 9.17) is 0 Å². The Morgan fingerprint density at radius 1 is 0.143 bits per heavy atom. The van der Waals surface area contributed by atoms with Crippen LogP contribution in [-0.2, 0) is 12.8 Å². The van der Waals surface area contributed by atoms with E-state index in [2.05, 4.69) is 475 Å². The lowest BCUT2D eigenvalue weighted by atomic mass is 10.1. The first-order chi connectivity index (χ1) is 54.7. The molecule has 112 heavy (non-hydrogen) atoms. The molecule has 0 heterocycles. The zero-order valence-electron chi connectivity index (χ0n) is 66.7. The minimum Gasteiger partial charge on any atom is -0.311 e. The maximum absolute atomic E-state index is 2.37. The van der Waals surface area contributed by atoms with E-state index in [0.29, 0.717) is 0 Å². The molecule has 0 atom stereocenters. The highest BCUT2D eigenvalue weighted by molar-refractivity contribution is 5.85. The van der Waals surface area contributed by atoms with Gasteiger partial charge in [0.2, 0.25) is 0 Å². The highest BCUT2D eigenvalue weighted by Gasteiger charge is 2.21. The van der Waals surface area contributed by atoms with E-state index in [1.54, 1.807) is 0 Å². The molecular formula is C106H104N6. The van der Waals surface area contributed by atoms with E-state index >= 15 is 0 Å². The topological polar surface area (TPSA) is 19.4 Å². The molecule has 6 heteroatoms. The molecular weight excluding hydrogens is 1360 g/mol. The van der Waals surface area contributed by atoms with Gasteiger partial charge in [-0.1, -0.05) is 229 Å². The molecule has 0 aliphatic carbocycles. The van der Waals surface area contributed by atoms with Crippen LogP contribution in [0, 0.1) is 55.4 Å². The van der Waals surface area contributed by atoms with Gasteiger partial charge in [0.25, 0.3) is 0 Å². The first-order valence-electron chi connectivity index (χ1n) is 39.6. The summed E-state index contributed by atoms with van der Waals surface area (Å²) < 4.78 is 0. The van der Waals surface area contributed by atoms with Gasteiger partial charge in [0, 0.05) is 102 Å². The molecule has 0 amide bonds. The maximum atomic E-state index is 2.37. The lowest BCUT2D eigenvalue weighted by molar-refractivity contribution is 0.795. The van der Waals surface area contributed by atoms with Gasteiger partial charge in [-0.2, -0.15) is 0 Å². The minimum absolute atomic E-state index is 1.12. The first-order valence-corrected chi connectivity index (χ1v) is 39.6. The second-order valence-electron chi connectivity index (χ2n) is 29.5. The van der Waals surface area contributed by atoms with Gasteiger partial charge in [-0.05, 0) is 311 Å². The number of rotatable bonds is 24. The molecule has 0 aliphatic rings. The van der Waals surface area contributed by atoms with Crippen molar-refractivity contribution in [2.24, 2.45) is 0 Å². The van der Waals surface area contributed by atoms with E-state index in [1.165, 1.54) is 92.7 Å². The molecule has 6 nitrogen and oxygen atoms in total. The van der Waals surface area contributed by atoms with Crippen LogP contribution in [0.1, 0.15) is 95.2 Å². The zero-order chi connectivity index (χ0) is 77.7. The van der Waals surface area contributed by atoms with Crippen molar-refractivity contribution in [3.8, 4) is 0 Å². The Morgan fingerprint density at radius 2 is 0.259 bits per heavy atom. The number of nitrogens with zero attached hydrogens (tertiary/aromatic N) is 6. The molecule has 0 bridgehead atoms. The third-order valence-electron chi connectivity index (χ3n) is 20.5. The van der Waals surface area contributed by atoms with E-state index in [9.17, 15) is 0 Å². The van der Waals surface area contributed by atoms with E-state index < -0.39 is 0 Å². The second-order valence-corrected chi connectivity index (χ2v) is 29.5. The van der Waals surface area contributed by atoms with Crippen LogP contribution in [0.4, 0.5) is 102 Å². The predicted molar refractivity (Wildman–Crippen MR) is 483 cm³/mol. The van der Waals surface area contributed by atoms with Crippen LogP contribution in [0.25, 0.3) is 0 Å². The normalized spacial score (nSPS) is 10.8. The number of anilines is 18. The van der Waals surface area contributed by atoms with Crippen molar-refractivity contribution < 1.29 is 0 Å². The summed E-state index contributed by atoms with van der Waals surface area (Å²) in [7, 11) is 0. The molecule has 0 saturated carbocycles. The fourth-order valence-electron chi connectivity index (χ4n) is 14.0.